The zero-order chi connectivity index (χ0) is 16.9. The van der Waals surface area contributed by atoms with Crippen molar-refractivity contribution >= 4 is 7.92 Å². The molecule has 3 saturated carbocycles. The largest absolute Gasteiger partial charge is 0.106 e. The molecule has 0 radical (unpaired) electrons. The van der Waals surface area contributed by atoms with E-state index in [1.54, 1.807) is 77.0 Å². The van der Waals surface area contributed by atoms with Crippen LogP contribution in [0.15, 0.2) is 26.3 Å². The van der Waals surface area contributed by atoms with E-state index < -0.39 is 0 Å². The first-order valence-corrected chi connectivity index (χ1v) is 11.8. The van der Waals surface area contributed by atoms with Gasteiger partial charge in [0, 0.05) is 16.5 Å². The average molecular weight is 395 g/mol. The zero-order valence-electron chi connectivity index (χ0n) is 15.9. The SMILES string of the molecule is C1CCC(P(C2CCCCC2)C2CCCCC2)CC1.C=C.C=C.[Ni]. The smallest absolute Gasteiger partial charge is 0 e. The minimum atomic E-state index is 0. The molecule has 0 atom stereocenters. The van der Waals surface area contributed by atoms with Crippen LogP contribution in [0.5, 0.6) is 0 Å². The zero-order valence-corrected chi connectivity index (χ0v) is 17.8. The molecule has 0 nitrogen and oxygen atoms in total. The average Bonchev–Trinajstić information content (AvgIpc) is 2.68. The van der Waals surface area contributed by atoms with Gasteiger partial charge in [-0.15, -0.1) is 26.3 Å². The number of hydrogen-bond acceptors (Lipinski definition) is 0. The van der Waals surface area contributed by atoms with E-state index >= 15 is 0 Å². The quantitative estimate of drug-likeness (QED) is 0.258. The van der Waals surface area contributed by atoms with Crippen LogP contribution < -0.4 is 0 Å². The summed E-state index contributed by atoms with van der Waals surface area (Å²) in [5.74, 6) is 0. The molecule has 0 aromatic rings. The van der Waals surface area contributed by atoms with Gasteiger partial charge in [0.15, 0.2) is 0 Å². The van der Waals surface area contributed by atoms with Crippen molar-refractivity contribution in [1.29, 1.82) is 0 Å². The summed E-state index contributed by atoms with van der Waals surface area (Å²) in [6.07, 6.45) is 23.6. The van der Waals surface area contributed by atoms with E-state index in [0.717, 1.165) is 0 Å². The molecule has 0 spiro atoms. The molecular formula is C22H41NiP. The fraction of sp³-hybridized carbons (Fsp3) is 0.818. The molecule has 24 heavy (non-hydrogen) atoms. The number of hydrogen-bond donors (Lipinski definition) is 0. The summed E-state index contributed by atoms with van der Waals surface area (Å²) in [4.78, 5) is 0. The molecule has 0 aromatic carbocycles. The minimum absolute atomic E-state index is 0. The van der Waals surface area contributed by atoms with Crippen LogP contribution in [0.1, 0.15) is 96.3 Å². The molecule has 0 aliphatic heterocycles. The van der Waals surface area contributed by atoms with Gasteiger partial charge in [-0.2, -0.15) is 0 Å². The summed E-state index contributed by atoms with van der Waals surface area (Å²) in [7, 11) is 0.385. The molecule has 3 rings (SSSR count). The van der Waals surface area contributed by atoms with Crippen LogP contribution in [0.25, 0.3) is 0 Å². The van der Waals surface area contributed by atoms with Crippen molar-refractivity contribution in [1.82, 2.24) is 0 Å². The van der Waals surface area contributed by atoms with Crippen molar-refractivity contribution in [2.24, 2.45) is 0 Å². The van der Waals surface area contributed by atoms with Gasteiger partial charge < -0.3 is 0 Å². The molecule has 3 aliphatic rings. The maximum Gasteiger partial charge on any atom is 0 e. The van der Waals surface area contributed by atoms with E-state index in [0.29, 0.717) is 7.92 Å². The Labute approximate surface area is 164 Å². The van der Waals surface area contributed by atoms with E-state index in [9.17, 15) is 0 Å². The second-order valence-electron chi connectivity index (χ2n) is 7.32. The van der Waals surface area contributed by atoms with Crippen molar-refractivity contribution in [3.63, 3.8) is 0 Å². The predicted molar refractivity (Wildman–Crippen MR) is 110 cm³/mol. The molecular weight excluding hydrogens is 354 g/mol. The Balaban J connectivity index is 0.000000987. The summed E-state index contributed by atoms with van der Waals surface area (Å²) < 4.78 is 0. The third-order valence-electron chi connectivity index (χ3n) is 5.99. The second-order valence-corrected chi connectivity index (χ2v) is 10.4. The molecule has 144 valence electrons. The number of rotatable bonds is 3. The van der Waals surface area contributed by atoms with Crippen LogP contribution in [0.2, 0.25) is 0 Å². The molecule has 0 aromatic heterocycles. The molecule has 3 aliphatic carbocycles. The molecule has 0 heterocycles. The molecule has 3 fully saturated rings. The monoisotopic (exact) mass is 394 g/mol. The molecule has 0 unspecified atom stereocenters. The van der Waals surface area contributed by atoms with Gasteiger partial charge in [-0.1, -0.05) is 65.7 Å². The Kier molecular flexibility index (Phi) is 15.9. The van der Waals surface area contributed by atoms with Gasteiger partial charge in [-0.05, 0) is 55.5 Å². The van der Waals surface area contributed by atoms with Gasteiger partial charge in [0.1, 0.15) is 0 Å². The Morgan fingerprint density at radius 2 is 0.625 bits per heavy atom. The van der Waals surface area contributed by atoms with Gasteiger partial charge >= 0.3 is 0 Å². The Morgan fingerprint density at radius 1 is 0.417 bits per heavy atom. The van der Waals surface area contributed by atoms with Crippen molar-refractivity contribution in [3.05, 3.63) is 26.3 Å². The Hall–Kier alpha value is 0.404. The summed E-state index contributed by atoms with van der Waals surface area (Å²) in [6.45, 7) is 12.0. The van der Waals surface area contributed by atoms with Crippen molar-refractivity contribution in [3.8, 4) is 0 Å². The van der Waals surface area contributed by atoms with Crippen molar-refractivity contribution in [2.75, 3.05) is 0 Å². The molecule has 2 heteroatoms. The normalized spacial score (nSPS) is 23.2. The van der Waals surface area contributed by atoms with E-state index in [1.165, 1.54) is 36.2 Å². The van der Waals surface area contributed by atoms with Crippen LogP contribution in [0.4, 0.5) is 0 Å². The Morgan fingerprint density at radius 3 is 0.833 bits per heavy atom. The third kappa shape index (κ3) is 7.74. The first-order chi connectivity index (χ1) is 11.4. The van der Waals surface area contributed by atoms with Gasteiger partial charge in [0.05, 0.1) is 0 Å². The molecule has 0 amide bonds. The van der Waals surface area contributed by atoms with Gasteiger partial charge in [-0.25, -0.2) is 0 Å². The van der Waals surface area contributed by atoms with Crippen molar-refractivity contribution in [2.45, 2.75) is 113 Å². The molecule has 0 N–H and O–H groups in total. The minimum Gasteiger partial charge on any atom is -0.106 e. The maximum atomic E-state index is 3.00. The first kappa shape index (κ1) is 24.4. The van der Waals surface area contributed by atoms with Gasteiger partial charge in [0.25, 0.3) is 0 Å². The van der Waals surface area contributed by atoms with Crippen LogP contribution >= 0.6 is 7.92 Å². The fourth-order valence-electron chi connectivity index (χ4n) is 5.03. The molecule has 0 bridgehead atoms. The second kappa shape index (κ2) is 15.6. The molecule has 0 saturated heterocycles. The van der Waals surface area contributed by atoms with Crippen LogP contribution in [0.3, 0.4) is 0 Å². The maximum absolute atomic E-state index is 3.00. The van der Waals surface area contributed by atoms with E-state index in [1.807, 2.05) is 0 Å². The van der Waals surface area contributed by atoms with Crippen LogP contribution in [0, 0.1) is 0 Å². The van der Waals surface area contributed by atoms with Gasteiger partial charge in [0.2, 0.25) is 0 Å². The fourth-order valence-corrected chi connectivity index (χ4v) is 9.71. The summed E-state index contributed by atoms with van der Waals surface area (Å²) in [6, 6.07) is 0. The van der Waals surface area contributed by atoms with Crippen LogP contribution in [-0.4, -0.2) is 17.0 Å². The summed E-state index contributed by atoms with van der Waals surface area (Å²) >= 11 is 0. The Bertz CT molecular complexity index is 231. The van der Waals surface area contributed by atoms with Crippen LogP contribution in [-0.2, 0) is 16.5 Å². The van der Waals surface area contributed by atoms with E-state index in [2.05, 4.69) is 26.3 Å². The van der Waals surface area contributed by atoms with E-state index in [-0.39, 0.29) is 16.5 Å². The first-order valence-electron chi connectivity index (χ1n) is 10.2. The summed E-state index contributed by atoms with van der Waals surface area (Å²) in [5, 5.41) is 0. The topological polar surface area (TPSA) is 0 Å². The van der Waals surface area contributed by atoms with Crippen molar-refractivity contribution < 1.29 is 16.5 Å². The standard InChI is InChI=1S/C18H33P.2C2H4.Ni/c1-4-10-16(11-5-1)19(17-12-6-2-7-13-17)18-14-8-3-9-15-18;2*1-2;/h16-18H,1-15H2;2*1-2H2;. The third-order valence-corrected chi connectivity index (χ3v) is 10.1. The summed E-state index contributed by atoms with van der Waals surface area (Å²) in [5.41, 5.74) is 3.57. The predicted octanol–water partition coefficient (Wildman–Crippen LogP) is 8.07. The van der Waals surface area contributed by atoms with E-state index in [4.69, 9.17) is 0 Å². The van der Waals surface area contributed by atoms with Gasteiger partial charge in [-0.3, -0.25) is 0 Å².